The number of esters is 1. The van der Waals surface area contributed by atoms with Crippen LogP contribution >= 0.6 is 0 Å². The van der Waals surface area contributed by atoms with Gasteiger partial charge in [-0.1, -0.05) is 31.6 Å². The predicted octanol–water partition coefficient (Wildman–Crippen LogP) is 4.86. The molecular weight excluding hydrogens is 825 g/mol. The maximum Gasteiger partial charge on any atom is 0.329 e. The fraction of sp³-hybridized carbons (Fsp3) is 0.735. The fourth-order valence-corrected chi connectivity index (χ4v) is 10.2. The molecule has 3 N–H and O–H groups in total. The van der Waals surface area contributed by atoms with Crippen LogP contribution in [0.15, 0.2) is 47.8 Å². The molecule has 2 bridgehead atoms. The van der Waals surface area contributed by atoms with E-state index in [0.717, 1.165) is 17.6 Å². The molecule has 358 valence electrons. The molecule has 14 atom stereocenters. The van der Waals surface area contributed by atoms with E-state index in [1.54, 1.807) is 40.5 Å². The molecule has 15 nitrogen and oxygen atoms in total. The Hall–Kier alpha value is -3.41. The van der Waals surface area contributed by atoms with Crippen LogP contribution in [-0.2, 0) is 54.0 Å². The summed E-state index contributed by atoms with van der Waals surface area (Å²) in [5, 5.41) is 34.6. The van der Waals surface area contributed by atoms with Gasteiger partial charge in [-0.2, -0.15) is 0 Å². The van der Waals surface area contributed by atoms with E-state index in [4.69, 9.17) is 28.4 Å². The number of hydrogen-bond acceptors (Lipinski definition) is 14. The van der Waals surface area contributed by atoms with Crippen molar-refractivity contribution in [2.45, 2.75) is 172 Å². The highest BCUT2D eigenvalue weighted by molar-refractivity contribution is 6.39. The van der Waals surface area contributed by atoms with Crippen molar-refractivity contribution in [2.24, 2.45) is 23.7 Å². The van der Waals surface area contributed by atoms with Gasteiger partial charge in [-0.15, -0.1) is 0 Å². The molecule has 0 spiro atoms. The number of piperidine rings is 1. The summed E-state index contributed by atoms with van der Waals surface area (Å²) in [7, 11) is 6.15. The van der Waals surface area contributed by atoms with Crippen LogP contribution < -0.4 is 0 Å². The van der Waals surface area contributed by atoms with Crippen LogP contribution in [0.2, 0.25) is 0 Å². The van der Waals surface area contributed by atoms with Crippen LogP contribution in [0.5, 0.6) is 0 Å². The summed E-state index contributed by atoms with van der Waals surface area (Å²) in [4.78, 5) is 62.9. The van der Waals surface area contributed by atoms with Crippen LogP contribution in [0.3, 0.4) is 0 Å². The van der Waals surface area contributed by atoms with Crippen molar-refractivity contribution in [3.05, 3.63) is 53.4 Å². The van der Waals surface area contributed by atoms with Crippen molar-refractivity contribution in [1.82, 2.24) is 9.88 Å². The molecule has 0 radical (unpaired) electrons. The summed E-state index contributed by atoms with van der Waals surface area (Å²) in [6, 6.07) is 2.73. The molecule has 1 aromatic rings. The number of aryl methyl sites for hydroxylation is 1. The van der Waals surface area contributed by atoms with Crippen molar-refractivity contribution in [1.29, 1.82) is 0 Å². The molecule has 4 aliphatic rings. The van der Waals surface area contributed by atoms with Gasteiger partial charge in [0, 0.05) is 78.0 Å². The summed E-state index contributed by atoms with van der Waals surface area (Å²) in [6.45, 7) is 7.18. The lowest BCUT2D eigenvalue weighted by Gasteiger charge is -2.47. The zero-order valence-electron chi connectivity index (χ0n) is 39.2. The van der Waals surface area contributed by atoms with Crippen molar-refractivity contribution in [3.8, 4) is 0 Å². The Balaban J connectivity index is 1.55. The SMILES string of the molecule is CO[C@H]1C/C(C)=C/[C@@H](CCCc2ccncc2)C(=O)C[C@H](O)[C@@H](C)[C@@H](/C(C)=C/[C@@H]2CC[C@@H](O)[C@H](OC)C2)OC(=O)[C@@H]2CCCCN2C(=O)C(=O)[C@]2(O)O[C@H]([C@@H](OC)C1)[C@@H](OC)C[C@H]2C. The number of ketones is 2. The number of carbonyl (C=O) groups is 4. The van der Waals surface area contributed by atoms with Gasteiger partial charge >= 0.3 is 5.97 Å². The number of nitrogens with zero attached hydrogens (tertiary/aromatic N) is 2. The monoisotopic (exact) mass is 899 g/mol. The fourth-order valence-electron chi connectivity index (χ4n) is 10.2. The molecule has 1 saturated carbocycles. The number of allylic oxidation sites excluding steroid dienone is 2. The smallest absolute Gasteiger partial charge is 0.329 e. The van der Waals surface area contributed by atoms with Crippen molar-refractivity contribution >= 4 is 23.4 Å². The lowest BCUT2D eigenvalue weighted by molar-refractivity contribution is -0.303. The lowest BCUT2D eigenvalue weighted by atomic mass is 9.81. The number of ether oxygens (including phenoxy) is 6. The molecule has 1 amide bonds. The molecule has 64 heavy (non-hydrogen) atoms. The van der Waals surface area contributed by atoms with E-state index in [2.05, 4.69) is 4.98 Å². The van der Waals surface area contributed by atoms with Gasteiger partial charge in [0.05, 0.1) is 36.6 Å². The number of rotatable bonds is 10. The molecule has 0 unspecified atom stereocenters. The number of cyclic esters (lactones) is 1. The molecule has 3 fully saturated rings. The minimum absolute atomic E-state index is 0.0279. The van der Waals surface area contributed by atoms with Gasteiger partial charge in [0.15, 0.2) is 0 Å². The second-order valence-corrected chi connectivity index (χ2v) is 18.7. The van der Waals surface area contributed by atoms with Gasteiger partial charge < -0.3 is 48.6 Å². The average Bonchev–Trinajstić information content (AvgIpc) is 3.29. The topological polar surface area (TPSA) is 200 Å². The number of aliphatic hydroxyl groups excluding tert-OH is 2. The third-order valence-electron chi connectivity index (χ3n) is 14.3. The highest BCUT2D eigenvalue weighted by Crippen LogP contribution is 2.39. The van der Waals surface area contributed by atoms with Gasteiger partial charge in [0.2, 0.25) is 5.79 Å². The van der Waals surface area contributed by atoms with Crippen LogP contribution in [-0.4, -0.2) is 144 Å². The molecule has 15 heteroatoms. The summed E-state index contributed by atoms with van der Waals surface area (Å²) < 4.78 is 36.0. The number of methoxy groups -OCH3 is 4. The number of carbonyl (C=O) groups excluding carboxylic acids is 4. The number of amides is 1. The summed E-state index contributed by atoms with van der Waals surface area (Å²) >= 11 is 0. The van der Waals surface area contributed by atoms with Crippen molar-refractivity contribution in [2.75, 3.05) is 35.0 Å². The molecule has 4 heterocycles. The Labute approximate surface area is 379 Å². The Morgan fingerprint density at radius 2 is 1.58 bits per heavy atom. The number of fused-ring (bicyclic) bond motifs is 3. The van der Waals surface area contributed by atoms with Crippen molar-refractivity contribution < 1.29 is 62.9 Å². The normalized spacial score (nSPS) is 37.8. The van der Waals surface area contributed by atoms with Gasteiger partial charge in [0.1, 0.15) is 24.0 Å². The van der Waals surface area contributed by atoms with Crippen molar-refractivity contribution in [3.63, 3.8) is 0 Å². The third-order valence-corrected chi connectivity index (χ3v) is 14.3. The first kappa shape index (κ1) is 51.6. The highest BCUT2D eigenvalue weighted by Gasteiger charge is 2.56. The molecule has 0 aromatic carbocycles. The van der Waals surface area contributed by atoms with Gasteiger partial charge in [-0.25, -0.2) is 4.79 Å². The Bertz CT molecular complexity index is 1770. The first-order valence-electron chi connectivity index (χ1n) is 23.3. The summed E-state index contributed by atoms with van der Waals surface area (Å²) in [5.41, 5.74) is 2.62. The van der Waals surface area contributed by atoms with E-state index in [0.29, 0.717) is 56.9 Å². The van der Waals surface area contributed by atoms with E-state index >= 15 is 0 Å². The third kappa shape index (κ3) is 12.7. The largest absolute Gasteiger partial charge is 0.456 e. The van der Waals surface area contributed by atoms with Gasteiger partial charge in [0.25, 0.3) is 11.7 Å². The Morgan fingerprint density at radius 1 is 0.891 bits per heavy atom. The first-order chi connectivity index (χ1) is 30.5. The molecular formula is C49H74N2O13. The zero-order chi connectivity index (χ0) is 46.7. The Kier molecular flexibility index (Phi) is 19.2. The summed E-state index contributed by atoms with van der Waals surface area (Å²) in [6.07, 6.45) is 7.02. The minimum Gasteiger partial charge on any atom is -0.456 e. The van der Waals surface area contributed by atoms with Gasteiger partial charge in [-0.3, -0.25) is 19.4 Å². The predicted molar refractivity (Wildman–Crippen MR) is 237 cm³/mol. The van der Waals surface area contributed by atoms with Crippen LogP contribution in [0, 0.1) is 23.7 Å². The molecule has 5 rings (SSSR count). The number of hydrogen-bond donors (Lipinski definition) is 3. The average molecular weight is 899 g/mol. The van der Waals surface area contributed by atoms with Gasteiger partial charge in [-0.05, 0) is 114 Å². The van der Waals surface area contributed by atoms with E-state index in [1.165, 1.54) is 19.1 Å². The van der Waals surface area contributed by atoms with Crippen LogP contribution in [0.25, 0.3) is 0 Å². The second-order valence-electron chi connectivity index (χ2n) is 18.7. The number of Topliss-reactive ketones (excluding diaryl/α,β-unsaturated/α-hetero) is 2. The molecule has 1 aliphatic carbocycles. The van der Waals surface area contributed by atoms with E-state index in [9.17, 15) is 34.5 Å². The molecule has 3 aliphatic heterocycles. The number of aliphatic hydroxyl groups is 3. The maximum atomic E-state index is 14.5. The number of aromatic nitrogens is 1. The van der Waals surface area contributed by atoms with Crippen LogP contribution in [0.4, 0.5) is 0 Å². The standard InChI is InChI=1S/C49H74N2O13/c1-29-22-35(13-11-12-33-17-19-50-20-18-33)40(54)28-39(53)32(4)44(30(2)24-34-15-16-38(52)41(26-34)60-6)63-48(57)37-14-9-10-21-51(37)47(56)46(55)49(58)31(3)25-42(61-7)45(64-49)43(62-8)27-36(23-29)59-5/h17-20,22,24,31-32,34-39,41-45,52-53,58H,9-16,21,23,25-28H2,1-8H3/b29-22+,30-24+/t31-,32-,34+,35-,36+,37+,38-,39+,41-,42+,43+,44-,45+,49-/m1/s1. The second kappa shape index (κ2) is 23.9. The number of pyridine rings is 1. The highest BCUT2D eigenvalue weighted by atomic mass is 16.7. The first-order valence-corrected chi connectivity index (χ1v) is 23.3. The summed E-state index contributed by atoms with van der Waals surface area (Å²) in [5.74, 6) is -7.95. The van der Waals surface area contributed by atoms with E-state index < -0.39 is 90.0 Å². The maximum absolute atomic E-state index is 14.5. The van der Waals surface area contributed by atoms with Crippen LogP contribution in [0.1, 0.15) is 110 Å². The zero-order valence-corrected chi connectivity index (χ0v) is 39.2. The lowest BCUT2D eigenvalue weighted by Crippen LogP contribution is -2.64. The Morgan fingerprint density at radius 3 is 2.25 bits per heavy atom. The molecule has 1 aromatic heterocycles. The van der Waals surface area contributed by atoms with E-state index in [1.807, 2.05) is 38.1 Å². The quantitative estimate of drug-likeness (QED) is 0.163. The molecule has 2 saturated heterocycles. The minimum atomic E-state index is -2.56. The van der Waals surface area contributed by atoms with E-state index in [-0.39, 0.29) is 50.0 Å².